The Bertz CT molecular complexity index is 1020. The van der Waals surface area contributed by atoms with Gasteiger partial charge in [-0.3, -0.25) is 4.79 Å². The van der Waals surface area contributed by atoms with Gasteiger partial charge in [0.15, 0.2) is 0 Å². The van der Waals surface area contributed by atoms with Crippen molar-refractivity contribution in [3.63, 3.8) is 0 Å². The first kappa shape index (κ1) is 17.1. The van der Waals surface area contributed by atoms with Crippen molar-refractivity contribution in [1.29, 1.82) is 0 Å². The number of allylic oxidation sites excluding steroid dienone is 2. The van der Waals surface area contributed by atoms with Crippen LogP contribution in [0.15, 0.2) is 42.0 Å². The molecule has 26 heavy (non-hydrogen) atoms. The summed E-state index contributed by atoms with van der Waals surface area (Å²) in [7, 11) is 0. The molecule has 2 aliphatic carbocycles. The lowest BCUT2D eigenvalue weighted by Gasteiger charge is -2.22. The van der Waals surface area contributed by atoms with Crippen molar-refractivity contribution in [2.24, 2.45) is 0 Å². The monoisotopic (exact) mass is 388 g/mol. The zero-order valence-corrected chi connectivity index (χ0v) is 15.4. The molecule has 2 unspecified atom stereocenters. The summed E-state index contributed by atoms with van der Waals surface area (Å²) in [4.78, 5) is 23.7. The van der Waals surface area contributed by atoms with Crippen molar-refractivity contribution < 1.29 is 19.1 Å². The maximum atomic E-state index is 11.9. The van der Waals surface area contributed by atoms with Crippen LogP contribution < -0.4 is 9.47 Å². The Morgan fingerprint density at radius 1 is 1.15 bits per heavy atom. The van der Waals surface area contributed by atoms with Gasteiger partial charge >= 0.3 is 11.9 Å². The molecule has 2 atom stereocenters. The molecule has 2 bridgehead atoms. The fourth-order valence-corrected chi connectivity index (χ4v) is 4.38. The standard InChI is InChI=1S/C20H14Cl2O4/c1-3-16(24)26-19-12-5-4-11(21)8-13(12)20(25-9(2)23)17-10-6-14(18(17)19)15(22)7-10/h3-5,7-8,10,14H,1,6H2,2H3. The molecule has 2 aromatic rings. The van der Waals surface area contributed by atoms with Crippen molar-refractivity contribution in [3.05, 3.63) is 58.1 Å². The lowest BCUT2D eigenvalue weighted by Crippen LogP contribution is -2.12. The topological polar surface area (TPSA) is 52.6 Å². The van der Waals surface area contributed by atoms with Crippen LogP contribution in [0.5, 0.6) is 11.5 Å². The Kier molecular flexibility index (Phi) is 4.05. The van der Waals surface area contributed by atoms with Crippen molar-refractivity contribution in [3.8, 4) is 11.5 Å². The lowest BCUT2D eigenvalue weighted by atomic mass is 9.90. The van der Waals surface area contributed by atoms with Crippen LogP contribution >= 0.6 is 23.2 Å². The molecular formula is C20H14Cl2O4. The van der Waals surface area contributed by atoms with E-state index >= 15 is 0 Å². The summed E-state index contributed by atoms with van der Waals surface area (Å²) in [6.07, 6.45) is 3.82. The summed E-state index contributed by atoms with van der Waals surface area (Å²) in [5, 5.41) is 2.45. The van der Waals surface area contributed by atoms with Crippen molar-refractivity contribution >= 4 is 45.9 Å². The van der Waals surface area contributed by atoms with Gasteiger partial charge in [0.1, 0.15) is 11.5 Å². The molecule has 0 saturated heterocycles. The van der Waals surface area contributed by atoms with Crippen LogP contribution in [0.4, 0.5) is 0 Å². The second kappa shape index (κ2) is 6.15. The molecule has 0 aliphatic heterocycles. The Morgan fingerprint density at radius 3 is 2.58 bits per heavy atom. The van der Waals surface area contributed by atoms with Gasteiger partial charge in [0.05, 0.1) is 0 Å². The minimum atomic E-state index is -0.563. The van der Waals surface area contributed by atoms with Crippen LogP contribution in [0, 0.1) is 0 Å². The highest BCUT2D eigenvalue weighted by Crippen LogP contribution is 2.61. The molecule has 0 saturated carbocycles. The Hall–Kier alpha value is -2.30. The van der Waals surface area contributed by atoms with E-state index < -0.39 is 11.9 Å². The number of benzene rings is 2. The average Bonchev–Trinajstić information content (AvgIpc) is 3.14. The van der Waals surface area contributed by atoms with Gasteiger partial charge in [-0.2, -0.15) is 0 Å². The molecule has 132 valence electrons. The van der Waals surface area contributed by atoms with Gasteiger partial charge in [0, 0.05) is 56.8 Å². The summed E-state index contributed by atoms with van der Waals surface area (Å²) in [6, 6.07) is 5.15. The van der Waals surface area contributed by atoms with E-state index in [0.717, 1.165) is 23.6 Å². The van der Waals surface area contributed by atoms with Gasteiger partial charge in [0.2, 0.25) is 0 Å². The summed E-state index contributed by atoms with van der Waals surface area (Å²) in [5.41, 5.74) is 1.63. The maximum absolute atomic E-state index is 11.9. The molecule has 4 nitrogen and oxygen atoms in total. The summed E-state index contributed by atoms with van der Waals surface area (Å²) in [5.74, 6) is -0.198. The highest BCUT2D eigenvalue weighted by atomic mass is 35.5. The van der Waals surface area contributed by atoms with Gasteiger partial charge in [0.25, 0.3) is 0 Å². The van der Waals surface area contributed by atoms with E-state index in [0.29, 0.717) is 32.3 Å². The van der Waals surface area contributed by atoms with E-state index in [-0.39, 0.29) is 11.8 Å². The van der Waals surface area contributed by atoms with E-state index in [1.807, 2.05) is 6.08 Å². The van der Waals surface area contributed by atoms with Gasteiger partial charge in [-0.15, -0.1) is 0 Å². The molecule has 0 aromatic heterocycles. The number of carbonyl (C=O) groups is 2. The summed E-state index contributed by atoms with van der Waals surface area (Å²) < 4.78 is 11.2. The first-order valence-corrected chi connectivity index (χ1v) is 8.85. The average molecular weight is 389 g/mol. The third kappa shape index (κ3) is 2.52. The SMILES string of the molecule is C=CC(=O)Oc1c2c(c(OC(C)=O)c3cc(Cl)ccc13)C1C=C(Cl)C2C1. The first-order valence-electron chi connectivity index (χ1n) is 8.09. The Morgan fingerprint density at radius 2 is 1.88 bits per heavy atom. The third-order valence-electron chi connectivity index (χ3n) is 4.77. The lowest BCUT2D eigenvalue weighted by molar-refractivity contribution is -0.132. The number of ether oxygens (including phenoxy) is 2. The number of rotatable bonds is 3. The molecule has 0 heterocycles. The molecule has 0 amide bonds. The van der Waals surface area contributed by atoms with E-state index in [2.05, 4.69) is 6.58 Å². The highest BCUT2D eigenvalue weighted by molar-refractivity contribution is 6.32. The van der Waals surface area contributed by atoms with Gasteiger partial charge < -0.3 is 9.47 Å². The predicted molar refractivity (Wildman–Crippen MR) is 100 cm³/mol. The number of fused-ring (bicyclic) bond motifs is 6. The van der Waals surface area contributed by atoms with Gasteiger partial charge in [-0.05, 0) is 24.6 Å². The Labute approximate surface area is 160 Å². The smallest absolute Gasteiger partial charge is 0.335 e. The van der Waals surface area contributed by atoms with Crippen LogP contribution in [0.2, 0.25) is 5.02 Å². The molecule has 0 fully saturated rings. The quantitative estimate of drug-likeness (QED) is 0.411. The van der Waals surface area contributed by atoms with E-state index in [1.165, 1.54) is 6.92 Å². The number of hydrogen-bond acceptors (Lipinski definition) is 4. The number of esters is 2. The van der Waals surface area contributed by atoms with E-state index in [1.54, 1.807) is 18.2 Å². The van der Waals surface area contributed by atoms with Crippen molar-refractivity contribution in [1.82, 2.24) is 0 Å². The van der Waals surface area contributed by atoms with Crippen molar-refractivity contribution in [2.75, 3.05) is 0 Å². The minimum Gasteiger partial charge on any atom is -0.426 e. The Balaban J connectivity index is 2.09. The molecule has 2 aromatic carbocycles. The molecule has 2 aliphatic rings. The highest BCUT2D eigenvalue weighted by Gasteiger charge is 2.43. The molecule has 4 rings (SSSR count). The van der Waals surface area contributed by atoms with Gasteiger partial charge in [-0.25, -0.2) is 4.79 Å². The minimum absolute atomic E-state index is 0.00131. The second-order valence-corrected chi connectivity index (χ2v) is 7.21. The normalized spacial score (nSPS) is 19.9. The predicted octanol–water partition coefficient (Wildman–Crippen LogP) is 5.22. The number of halogens is 2. The van der Waals surface area contributed by atoms with E-state index in [4.69, 9.17) is 32.7 Å². The molecule has 0 N–H and O–H groups in total. The van der Waals surface area contributed by atoms with Crippen LogP contribution in [-0.2, 0) is 9.59 Å². The molecule has 6 heteroatoms. The second-order valence-electron chi connectivity index (χ2n) is 6.34. The summed E-state index contributed by atoms with van der Waals surface area (Å²) >= 11 is 12.6. The van der Waals surface area contributed by atoms with Crippen LogP contribution in [0.25, 0.3) is 10.8 Å². The van der Waals surface area contributed by atoms with Crippen LogP contribution in [-0.4, -0.2) is 11.9 Å². The number of hydrogen-bond donors (Lipinski definition) is 0. The third-order valence-corrected chi connectivity index (χ3v) is 5.39. The zero-order chi connectivity index (χ0) is 18.6. The van der Waals surface area contributed by atoms with Crippen LogP contribution in [0.3, 0.4) is 0 Å². The largest absolute Gasteiger partial charge is 0.426 e. The fraction of sp³-hybridized carbons (Fsp3) is 0.200. The van der Waals surface area contributed by atoms with Crippen molar-refractivity contribution in [2.45, 2.75) is 25.2 Å². The zero-order valence-electron chi connectivity index (χ0n) is 13.8. The first-order chi connectivity index (χ1) is 12.4. The van der Waals surface area contributed by atoms with Crippen LogP contribution in [0.1, 0.15) is 36.3 Å². The van der Waals surface area contributed by atoms with Gasteiger partial charge in [-0.1, -0.05) is 35.9 Å². The molecular weight excluding hydrogens is 375 g/mol. The van der Waals surface area contributed by atoms with E-state index in [9.17, 15) is 9.59 Å². The molecule has 0 radical (unpaired) electrons. The summed E-state index contributed by atoms with van der Waals surface area (Å²) in [6.45, 7) is 4.81. The molecule has 0 spiro atoms. The number of carbonyl (C=O) groups excluding carboxylic acids is 2. The maximum Gasteiger partial charge on any atom is 0.335 e. The fourth-order valence-electron chi connectivity index (χ4n) is 3.86.